The van der Waals surface area contributed by atoms with Gasteiger partial charge in [0.05, 0.1) is 4.90 Å². The third kappa shape index (κ3) is 3.98. The molecule has 28 heavy (non-hydrogen) atoms. The Bertz CT molecular complexity index is 801. The van der Waals surface area contributed by atoms with Gasteiger partial charge in [0.15, 0.2) is 0 Å². The van der Waals surface area contributed by atoms with Crippen LogP contribution < -0.4 is 5.32 Å². The highest BCUT2D eigenvalue weighted by atomic mass is 32.2. The first kappa shape index (κ1) is 19.9. The molecule has 2 atom stereocenters. The number of piperidine rings is 2. The van der Waals surface area contributed by atoms with Gasteiger partial charge in [-0.05, 0) is 57.7 Å². The number of amides is 1. The van der Waals surface area contributed by atoms with E-state index in [4.69, 9.17) is 0 Å². The summed E-state index contributed by atoms with van der Waals surface area (Å²) in [6.45, 7) is 5.01. The number of fused-ring (bicyclic) bond motifs is 1. The topological polar surface area (TPSA) is 69.7 Å². The van der Waals surface area contributed by atoms with E-state index in [1.807, 2.05) is 19.1 Å². The zero-order valence-corrected chi connectivity index (χ0v) is 17.5. The van der Waals surface area contributed by atoms with Crippen LogP contribution in [-0.2, 0) is 14.8 Å². The van der Waals surface area contributed by atoms with Crippen LogP contribution in [0.4, 0.5) is 0 Å². The van der Waals surface area contributed by atoms with Crippen molar-refractivity contribution in [3.05, 3.63) is 29.8 Å². The zero-order valence-electron chi connectivity index (χ0n) is 16.6. The average Bonchev–Trinajstić information content (AvgIpc) is 3.11. The number of carbonyl (C=O) groups excluding carboxylic acids is 1. The molecule has 3 fully saturated rings. The van der Waals surface area contributed by atoms with Crippen molar-refractivity contribution in [3.8, 4) is 0 Å². The Morgan fingerprint density at radius 2 is 1.68 bits per heavy atom. The van der Waals surface area contributed by atoms with E-state index < -0.39 is 10.0 Å². The molecule has 154 valence electrons. The Morgan fingerprint density at radius 3 is 2.39 bits per heavy atom. The van der Waals surface area contributed by atoms with Gasteiger partial charge < -0.3 is 5.32 Å². The smallest absolute Gasteiger partial charge is 0.243 e. The molecule has 0 bridgehead atoms. The molecule has 3 aliphatic heterocycles. The number of hydrogen-bond acceptors (Lipinski definition) is 4. The Balaban J connectivity index is 1.32. The van der Waals surface area contributed by atoms with E-state index in [9.17, 15) is 13.2 Å². The van der Waals surface area contributed by atoms with Crippen LogP contribution in [0.1, 0.15) is 44.1 Å². The molecule has 1 aromatic carbocycles. The molecule has 1 amide bonds. The number of hydrogen-bond donors (Lipinski definition) is 1. The summed E-state index contributed by atoms with van der Waals surface area (Å²) in [5.74, 6) is 0.0342. The second-order valence-corrected chi connectivity index (χ2v) is 10.4. The summed E-state index contributed by atoms with van der Waals surface area (Å²) < 4.78 is 27.2. The standard InChI is InChI=1S/C21H31N3O3S/c1-16-5-7-18(8-6-16)28(26,27)24-14-9-17(10-15-24)21(25)22-19-11-13-23-12-3-2-4-20(19)23/h5-8,17,19-20H,2-4,9-15H2,1H3,(H,22,25)/t19-,20+/m0/s1. The fourth-order valence-corrected chi connectivity index (χ4v) is 6.40. The first-order chi connectivity index (χ1) is 13.4. The molecule has 3 saturated heterocycles. The summed E-state index contributed by atoms with van der Waals surface area (Å²) in [4.78, 5) is 15.7. The molecule has 1 aromatic rings. The number of rotatable bonds is 4. The fraction of sp³-hybridized carbons (Fsp3) is 0.667. The molecule has 6 nitrogen and oxygen atoms in total. The van der Waals surface area contributed by atoms with Gasteiger partial charge in [0, 0.05) is 37.6 Å². The fourth-order valence-electron chi connectivity index (χ4n) is 4.93. The van der Waals surface area contributed by atoms with Crippen molar-refractivity contribution >= 4 is 15.9 Å². The lowest BCUT2D eigenvalue weighted by Crippen LogP contribution is -2.50. The highest BCUT2D eigenvalue weighted by molar-refractivity contribution is 7.89. The quantitative estimate of drug-likeness (QED) is 0.833. The molecule has 0 aliphatic carbocycles. The van der Waals surface area contributed by atoms with E-state index in [1.165, 1.54) is 23.6 Å². The van der Waals surface area contributed by atoms with Crippen molar-refractivity contribution in [2.24, 2.45) is 5.92 Å². The molecule has 4 rings (SSSR count). The van der Waals surface area contributed by atoms with Crippen LogP contribution in [0.3, 0.4) is 0 Å². The van der Waals surface area contributed by atoms with Gasteiger partial charge in [-0.25, -0.2) is 8.42 Å². The summed E-state index contributed by atoms with van der Waals surface area (Å²) in [6.07, 6.45) is 5.93. The van der Waals surface area contributed by atoms with E-state index in [-0.39, 0.29) is 17.9 Å². The summed E-state index contributed by atoms with van der Waals surface area (Å²) in [6, 6.07) is 7.74. The number of benzene rings is 1. The van der Waals surface area contributed by atoms with Gasteiger partial charge in [0.1, 0.15) is 0 Å². The van der Waals surface area contributed by atoms with E-state index in [2.05, 4.69) is 10.2 Å². The minimum Gasteiger partial charge on any atom is -0.352 e. The number of nitrogens with one attached hydrogen (secondary N) is 1. The Kier molecular flexibility index (Phi) is 5.76. The number of sulfonamides is 1. The zero-order chi connectivity index (χ0) is 19.7. The van der Waals surface area contributed by atoms with E-state index in [0.717, 1.165) is 25.1 Å². The van der Waals surface area contributed by atoms with Crippen LogP contribution in [0.15, 0.2) is 29.2 Å². The van der Waals surface area contributed by atoms with E-state index >= 15 is 0 Å². The van der Waals surface area contributed by atoms with Crippen LogP contribution in [0, 0.1) is 12.8 Å². The minimum absolute atomic E-state index is 0.0814. The first-order valence-electron chi connectivity index (χ1n) is 10.6. The van der Waals surface area contributed by atoms with Crippen molar-refractivity contribution in [3.63, 3.8) is 0 Å². The van der Waals surface area contributed by atoms with Gasteiger partial charge >= 0.3 is 0 Å². The molecule has 0 spiro atoms. The first-order valence-corrected chi connectivity index (χ1v) is 12.0. The van der Waals surface area contributed by atoms with Crippen LogP contribution >= 0.6 is 0 Å². The maximum Gasteiger partial charge on any atom is 0.243 e. The lowest BCUT2D eigenvalue weighted by molar-refractivity contribution is -0.127. The Labute approximate surface area is 168 Å². The molecule has 3 heterocycles. The van der Waals surface area contributed by atoms with Crippen LogP contribution in [0.2, 0.25) is 0 Å². The van der Waals surface area contributed by atoms with E-state index in [0.29, 0.717) is 36.9 Å². The van der Waals surface area contributed by atoms with Crippen molar-refractivity contribution < 1.29 is 13.2 Å². The summed E-state index contributed by atoms with van der Waals surface area (Å²) >= 11 is 0. The molecule has 0 saturated carbocycles. The maximum absolute atomic E-state index is 12.8. The van der Waals surface area contributed by atoms with Gasteiger partial charge in [-0.3, -0.25) is 9.69 Å². The van der Waals surface area contributed by atoms with Gasteiger partial charge in [0.2, 0.25) is 15.9 Å². The monoisotopic (exact) mass is 405 g/mol. The maximum atomic E-state index is 12.8. The van der Waals surface area contributed by atoms with Crippen molar-refractivity contribution in [1.29, 1.82) is 0 Å². The Morgan fingerprint density at radius 1 is 0.964 bits per heavy atom. The SMILES string of the molecule is Cc1ccc(S(=O)(=O)N2CCC(C(=O)N[C@H]3CCN4CCCC[C@H]34)CC2)cc1. The largest absolute Gasteiger partial charge is 0.352 e. The number of aryl methyl sites for hydroxylation is 1. The number of nitrogens with zero attached hydrogens (tertiary/aromatic N) is 2. The van der Waals surface area contributed by atoms with E-state index in [1.54, 1.807) is 12.1 Å². The summed E-state index contributed by atoms with van der Waals surface area (Å²) in [7, 11) is -3.47. The molecule has 7 heteroatoms. The molecule has 1 N–H and O–H groups in total. The van der Waals surface area contributed by atoms with Gasteiger partial charge in [-0.1, -0.05) is 24.1 Å². The van der Waals surface area contributed by atoms with Crippen molar-refractivity contribution in [2.75, 3.05) is 26.2 Å². The van der Waals surface area contributed by atoms with Crippen molar-refractivity contribution in [1.82, 2.24) is 14.5 Å². The lowest BCUT2D eigenvalue weighted by atomic mass is 9.95. The lowest BCUT2D eigenvalue weighted by Gasteiger charge is -2.34. The van der Waals surface area contributed by atoms with Crippen molar-refractivity contribution in [2.45, 2.75) is 62.4 Å². The Hall–Kier alpha value is -1.44. The average molecular weight is 406 g/mol. The van der Waals surface area contributed by atoms with Crippen LogP contribution in [0.5, 0.6) is 0 Å². The molecular formula is C21H31N3O3S. The third-order valence-corrected chi connectivity index (χ3v) is 8.58. The van der Waals surface area contributed by atoms with Gasteiger partial charge in [0.25, 0.3) is 0 Å². The molecular weight excluding hydrogens is 374 g/mol. The summed E-state index contributed by atoms with van der Waals surface area (Å²) in [5.41, 5.74) is 1.04. The van der Waals surface area contributed by atoms with Crippen LogP contribution in [0.25, 0.3) is 0 Å². The summed E-state index contributed by atoms with van der Waals surface area (Å²) in [5, 5.41) is 3.29. The normalized spacial score (nSPS) is 27.5. The van der Waals surface area contributed by atoms with Crippen LogP contribution in [-0.4, -0.2) is 61.8 Å². The predicted molar refractivity (Wildman–Crippen MR) is 108 cm³/mol. The second-order valence-electron chi connectivity index (χ2n) is 8.49. The highest BCUT2D eigenvalue weighted by Crippen LogP contribution is 2.29. The minimum atomic E-state index is -3.47. The predicted octanol–water partition coefficient (Wildman–Crippen LogP) is 2.14. The molecule has 0 radical (unpaired) electrons. The third-order valence-electron chi connectivity index (χ3n) is 6.67. The van der Waals surface area contributed by atoms with Gasteiger partial charge in [-0.2, -0.15) is 4.31 Å². The number of carbonyl (C=O) groups is 1. The molecule has 0 unspecified atom stereocenters. The highest BCUT2D eigenvalue weighted by Gasteiger charge is 2.38. The van der Waals surface area contributed by atoms with Gasteiger partial charge in [-0.15, -0.1) is 0 Å². The second kappa shape index (κ2) is 8.13. The molecule has 0 aromatic heterocycles. The molecule has 3 aliphatic rings.